The highest BCUT2D eigenvalue weighted by Crippen LogP contribution is 2.53. The summed E-state index contributed by atoms with van der Waals surface area (Å²) in [5.41, 5.74) is 1.82. The molecular formula is C26H32O5. The number of ether oxygens (including phenoxy) is 3. The molecule has 2 aliphatic carbocycles. The summed E-state index contributed by atoms with van der Waals surface area (Å²) < 4.78 is 17.6. The molecule has 0 unspecified atom stereocenters. The number of methoxy groups -OCH3 is 1. The maximum absolute atomic E-state index is 13.3. The molecule has 0 bridgehead atoms. The van der Waals surface area contributed by atoms with Crippen LogP contribution in [0.2, 0.25) is 0 Å². The second-order valence-electron chi connectivity index (χ2n) is 10.4. The van der Waals surface area contributed by atoms with E-state index in [0.29, 0.717) is 54.9 Å². The Bertz CT molecular complexity index is 957. The highest BCUT2D eigenvalue weighted by molar-refractivity contribution is 6.06. The fourth-order valence-electron chi connectivity index (χ4n) is 5.15. The molecule has 0 spiro atoms. The lowest BCUT2D eigenvalue weighted by Gasteiger charge is -2.42. The Morgan fingerprint density at radius 2 is 1.45 bits per heavy atom. The van der Waals surface area contributed by atoms with Gasteiger partial charge < -0.3 is 14.2 Å². The standard InChI is InChI=1S/C26H32O5/c1-7-30-19-10-15(8-9-18(19)29-6)22-23-16(27)11-25(2,3)13-20(23)31-21-14-26(4,5)12-17(28)24(21)22/h8-10,22H,7,11-14H2,1-6H3. The molecule has 1 aromatic rings. The molecule has 5 heteroatoms. The fourth-order valence-corrected chi connectivity index (χ4v) is 5.15. The lowest BCUT2D eigenvalue weighted by atomic mass is 9.65. The molecule has 166 valence electrons. The van der Waals surface area contributed by atoms with Crippen molar-refractivity contribution >= 4 is 11.6 Å². The van der Waals surface area contributed by atoms with Crippen LogP contribution in [0.15, 0.2) is 40.9 Å². The highest BCUT2D eigenvalue weighted by Gasteiger charge is 2.47. The first kappa shape index (κ1) is 21.7. The van der Waals surface area contributed by atoms with Crippen LogP contribution in [0.5, 0.6) is 11.5 Å². The first-order valence-corrected chi connectivity index (χ1v) is 11.1. The third kappa shape index (κ3) is 3.90. The van der Waals surface area contributed by atoms with Crippen LogP contribution in [0, 0.1) is 10.8 Å². The van der Waals surface area contributed by atoms with Crippen molar-refractivity contribution < 1.29 is 23.8 Å². The quantitative estimate of drug-likeness (QED) is 0.639. The van der Waals surface area contributed by atoms with Crippen molar-refractivity contribution in [3.05, 3.63) is 46.4 Å². The first-order chi connectivity index (χ1) is 14.5. The molecule has 0 amide bonds. The van der Waals surface area contributed by atoms with E-state index < -0.39 is 5.92 Å². The van der Waals surface area contributed by atoms with E-state index in [2.05, 4.69) is 27.7 Å². The molecule has 1 aromatic carbocycles. The maximum atomic E-state index is 13.3. The number of carbonyl (C=O) groups excluding carboxylic acids is 2. The fraction of sp³-hybridized carbons (Fsp3) is 0.538. The molecule has 0 saturated heterocycles. The van der Waals surface area contributed by atoms with Crippen LogP contribution < -0.4 is 9.47 Å². The van der Waals surface area contributed by atoms with E-state index in [1.807, 2.05) is 25.1 Å². The predicted molar refractivity (Wildman–Crippen MR) is 118 cm³/mol. The minimum atomic E-state index is -0.420. The van der Waals surface area contributed by atoms with E-state index in [4.69, 9.17) is 14.2 Å². The van der Waals surface area contributed by atoms with Crippen LogP contribution in [-0.4, -0.2) is 25.3 Å². The summed E-state index contributed by atoms with van der Waals surface area (Å²) in [5, 5.41) is 0. The van der Waals surface area contributed by atoms with Gasteiger partial charge in [0.25, 0.3) is 0 Å². The zero-order chi connectivity index (χ0) is 22.6. The van der Waals surface area contributed by atoms with Crippen molar-refractivity contribution in [2.24, 2.45) is 10.8 Å². The van der Waals surface area contributed by atoms with Crippen molar-refractivity contribution in [1.82, 2.24) is 0 Å². The number of allylic oxidation sites excluding steroid dienone is 4. The average molecular weight is 425 g/mol. The third-order valence-electron chi connectivity index (χ3n) is 6.40. The van der Waals surface area contributed by atoms with E-state index in [9.17, 15) is 9.59 Å². The van der Waals surface area contributed by atoms with E-state index in [1.54, 1.807) is 7.11 Å². The van der Waals surface area contributed by atoms with Crippen molar-refractivity contribution in [2.75, 3.05) is 13.7 Å². The van der Waals surface area contributed by atoms with Gasteiger partial charge in [0, 0.05) is 42.7 Å². The molecule has 0 radical (unpaired) electrons. The largest absolute Gasteiger partial charge is 0.493 e. The molecule has 0 saturated carbocycles. The summed E-state index contributed by atoms with van der Waals surface area (Å²) in [5.74, 6) is 2.41. The molecule has 31 heavy (non-hydrogen) atoms. The first-order valence-electron chi connectivity index (χ1n) is 11.1. The topological polar surface area (TPSA) is 61.8 Å². The molecule has 4 rings (SSSR count). The Morgan fingerprint density at radius 3 is 1.94 bits per heavy atom. The Balaban J connectivity index is 1.91. The Morgan fingerprint density at radius 1 is 0.903 bits per heavy atom. The summed E-state index contributed by atoms with van der Waals surface area (Å²) in [6.45, 7) is 10.8. The number of Topliss-reactive ketones (excluding diaryl/α,β-unsaturated/α-hetero) is 2. The maximum Gasteiger partial charge on any atom is 0.163 e. The van der Waals surface area contributed by atoms with E-state index in [0.717, 1.165) is 17.1 Å². The number of benzene rings is 1. The van der Waals surface area contributed by atoms with Crippen LogP contribution in [0.3, 0.4) is 0 Å². The molecule has 5 nitrogen and oxygen atoms in total. The van der Waals surface area contributed by atoms with Gasteiger partial charge in [-0.1, -0.05) is 33.8 Å². The van der Waals surface area contributed by atoms with Gasteiger partial charge in [-0.15, -0.1) is 0 Å². The van der Waals surface area contributed by atoms with Crippen molar-refractivity contribution in [3.63, 3.8) is 0 Å². The summed E-state index contributed by atoms with van der Waals surface area (Å²) in [7, 11) is 1.60. The number of carbonyl (C=O) groups is 2. The Hall–Kier alpha value is -2.56. The number of hydrogen-bond acceptors (Lipinski definition) is 5. The zero-order valence-electron chi connectivity index (χ0n) is 19.4. The van der Waals surface area contributed by atoms with Crippen molar-refractivity contribution in [2.45, 2.75) is 66.2 Å². The molecule has 0 atom stereocenters. The van der Waals surface area contributed by atoms with Crippen LogP contribution in [0.4, 0.5) is 0 Å². The molecule has 1 aliphatic heterocycles. The second-order valence-corrected chi connectivity index (χ2v) is 10.4. The van der Waals surface area contributed by atoms with Gasteiger partial charge in [0.15, 0.2) is 23.1 Å². The van der Waals surface area contributed by atoms with Crippen molar-refractivity contribution in [3.8, 4) is 11.5 Å². The number of hydrogen-bond donors (Lipinski definition) is 0. The van der Waals surface area contributed by atoms with Gasteiger partial charge in [-0.25, -0.2) is 0 Å². The number of rotatable bonds is 4. The zero-order valence-corrected chi connectivity index (χ0v) is 19.4. The second kappa shape index (κ2) is 7.54. The van der Waals surface area contributed by atoms with Crippen LogP contribution in [0.1, 0.15) is 71.8 Å². The summed E-state index contributed by atoms with van der Waals surface area (Å²) in [6.07, 6.45) is 2.26. The van der Waals surface area contributed by atoms with Gasteiger partial charge in [0.1, 0.15) is 11.5 Å². The molecular weight excluding hydrogens is 392 g/mol. The third-order valence-corrected chi connectivity index (χ3v) is 6.40. The predicted octanol–water partition coefficient (Wildman–Crippen LogP) is 5.49. The van der Waals surface area contributed by atoms with Crippen LogP contribution in [-0.2, 0) is 14.3 Å². The summed E-state index contributed by atoms with van der Waals surface area (Å²) in [4.78, 5) is 26.7. The van der Waals surface area contributed by atoms with E-state index >= 15 is 0 Å². The van der Waals surface area contributed by atoms with Crippen LogP contribution in [0.25, 0.3) is 0 Å². The van der Waals surface area contributed by atoms with Gasteiger partial charge in [-0.2, -0.15) is 0 Å². The monoisotopic (exact) mass is 424 g/mol. The lowest BCUT2D eigenvalue weighted by molar-refractivity contribution is -0.120. The molecule has 1 heterocycles. The Labute approximate surface area is 184 Å². The van der Waals surface area contributed by atoms with Gasteiger partial charge in [-0.05, 0) is 35.4 Å². The van der Waals surface area contributed by atoms with Gasteiger partial charge in [0.2, 0.25) is 0 Å². The van der Waals surface area contributed by atoms with E-state index in [1.165, 1.54) is 0 Å². The smallest absolute Gasteiger partial charge is 0.163 e. The minimum absolute atomic E-state index is 0.0641. The van der Waals surface area contributed by atoms with E-state index in [-0.39, 0.29) is 22.4 Å². The van der Waals surface area contributed by atoms with Crippen molar-refractivity contribution in [1.29, 1.82) is 0 Å². The normalized spacial score (nSPS) is 22.6. The molecule has 0 aromatic heterocycles. The minimum Gasteiger partial charge on any atom is -0.493 e. The lowest BCUT2D eigenvalue weighted by Crippen LogP contribution is -2.37. The van der Waals surface area contributed by atoms with Gasteiger partial charge in [-0.3, -0.25) is 9.59 Å². The number of ketones is 2. The van der Waals surface area contributed by atoms with Crippen LogP contribution >= 0.6 is 0 Å². The summed E-state index contributed by atoms with van der Waals surface area (Å²) in [6, 6.07) is 5.70. The molecule has 3 aliphatic rings. The molecule has 0 fully saturated rings. The summed E-state index contributed by atoms with van der Waals surface area (Å²) >= 11 is 0. The van der Waals surface area contributed by atoms with Gasteiger partial charge in [0.05, 0.1) is 13.7 Å². The SMILES string of the molecule is CCOc1cc(C2C3=C(CC(C)(C)CC3=O)OC3=C2C(=O)CC(C)(C)C3)ccc1OC. The average Bonchev–Trinajstić information content (AvgIpc) is 2.64. The Kier molecular flexibility index (Phi) is 5.27. The molecule has 0 N–H and O–H groups in total. The highest BCUT2D eigenvalue weighted by atomic mass is 16.5. The van der Waals surface area contributed by atoms with Gasteiger partial charge >= 0.3 is 0 Å².